The molecule has 0 atom stereocenters. The van der Waals surface area contributed by atoms with Crippen molar-refractivity contribution in [2.45, 2.75) is 6.92 Å². The second kappa shape index (κ2) is 3.90. The molecule has 0 aromatic heterocycles. The summed E-state index contributed by atoms with van der Waals surface area (Å²) in [5.74, 6) is -0.567. The Kier molecular flexibility index (Phi) is 2.58. The van der Waals surface area contributed by atoms with Crippen LogP contribution in [0.2, 0.25) is 0 Å². The maximum Gasteiger partial charge on any atom is 0.232 e. The highest BCUT2D eigenvalue weighted by Crippen LogP contribution is 2.26. The quantitative estimate of drug-likeness (QED) is 0.562. The Hall–Kier alpha value is -1.94. The van der Waals surface area contributed by atoms with Crippen LogP contribution in [0, 0.1) is 0 Å². The Labute approximate surface area is 92.4 Å². The summed E-state index contributed by atoms with van der Waals surface area (Å²) in [6.07, 6.45) is 0. The van der Waals surface area contributed by atoms with Crippen LogP contribution in [-0.2, 0) is 9.78 Å². The molecule has 0 aliphatic heterocycles. The van der Waals surface area contributed by atoms with E-state index in [1.807, 2.05) is 0 Å². The molecule has 1 aliphatic carbocycles. The van der Waals surface area contributed by atoms with Gasteiger partial charge in [-0.25, -0.2) is 0 Å². The van der Waals surface area contributed by atoms with Crippen LogP contribution in [0.4, 0.5) is 0 Å². The number of ketones is 2. The van der Waals surface area contributed by atoms with Gasteiger partial charge >= 0.3 is 0 Å². The van der Waals surface area contributed by atoms with Crippen molar-refractivity contribution in [2.75, 3.05) is 7.11 Å². The summed E-state index contributed by atoms with van der Waals surface area (Å²) >= 11 is 0. The molecule has 1 aliphatic rings. The summed E-state index contributed by atoms with van der Waals surface area (Å²) in [6, 6.07) is 6.65. The monoisotopic (exact) mass is 218 g/mol. The number of hydrogen-bond acceptors (Lipinski definition) is 4. The van der Waals surface area contributed by atoms with E-state index in [1.165, 1.54) is 7.11 Å². The fourth-order valence-corrected chi connectivity index (χ4v) is 1.66. The molecule has 0 fully saturated rings. The summed E-state index contributed by atoms with van der Waals surface area (Å²) in [6.45, 7) is 1.55. The third-order valence-corrected chi connectivity index (χ3v) is 2.47. The molecule has 82 valence electrons. The summed E-state index contributed by atoms with van der Waals surface area (Å²) in [5, 5.41) is 0. The lowest BCUT2D eigenvalue weighted by Crippen LogP contribution is -2.22. The highest BCUT2D eigenvalue weighted by atomic mass is 17.2. The standard InChI is InChI=1S/C12H10O4/c1-7-10(13)8-5-3-4-6-9(8)11(14)12(7)16-15-2/h3-6H,1-2H3. The number of fused-ring (bicyclic) bond motifs is 1. The summed E-state index contributed by atoms with van der Waals surface area (Å²) < 4.78 is 0. The Morgan fingerprint density at radius 1 is 1.00 bits per heavy atom. The molecule has 2 rings (SSSR count). The first-order valence-corrected chi connectivity index (χ1v) is 4.76. The summed E-state index contributed by atoms with van der Waals surface area (Å²) in [7, 11) is 1.29. The first kappa shape index (κ1) is 10.6. The number of carbonyl (C=O) groups is 2. The number of benzene rings is 1. The van der Waals surface area contributed by atoms with Crippen molar-refractivity contribution >= 4 is 11.6 Å². The molecule has 4 heteroatoms. The normalized spacial score (nSPS) is 15.1. The zero-order valence-electron chi connectivity index (χ0n) is 8.94. The van der Waals surface area contributed by atoms with Gasteiger partial charge in [-0.05, 0) is 6.92 Å². The predicted molar refractivity (Wildman–Crippen MR) is 55.9 cm³/mol. The zero-order chi connectivity index (χ0) is 11.7. The molecular formula is C12H10O4. The fraction of sp³-hybridized carbons (Fsp3) is 0.167. The second-order valence-electron chi connectivity index (χ2n) is 3.41. The highest BCUT2D eigenvalue weighted by molar-refractivity contribution is 6.25. The lowest BCUT2D eigenvalue weighted by Gasteiger charge is -2.16. The van der Waals surface area contributed by atoms with Crippen LogP contribution in [0.25, 0.3) is 0 Å². The van der Waals surface area contributed by atoms with Crippen molar-refractivity contribution in [1.82, 2.24) is 0 Å². The molecule has 4 nitrogen and oxygen atoms in total. The van der Waals surface area contributed by atoms with Crippen LogP contribution in [0.1, 0.15) is 27.6 Å². The largest absolute Gasteiger partial charge is 0.333 e. The lowest BCUT2D eigenvalue weighted by atomic mass is 9.89. The predicted octanol–water partition coefficient (Wildman–Crippen LogP) is 1.92. The van der Waals surface area contributed by atoms with E-state index in [2.05, 4.69) is 4.89 Å². The van der Waals surface area contributed by atoms with Crippen LogP contribution in [0.15, 0.2) is 35.6 Å². The van der Waals surface area contributed by atoms with Crippen LogP contribution in [0.3, 0.4) is 0 Å². The Morgan fingerprint density at radius 3 is 2.12 bits per heavy atom. The molecule has 1 aromatic rings. The van der Waals surface area contributed by atoms with Crippen LogP contribution in [-0.4, -0.2) is 18.7 Å². The zero-order valence-corrected chi connectivity index (χ0v) is 8.94. The number of Topliss-reactive ketones (excluding diaryl/α,β-unsaturated/α-hetero) is 2. The van der Waals surface area contributed by atoms with Crippen molar-refractivity contribution in [3.05, 3.63) is 46.7 Å². The van der Waals surface area contributed by atoms with Crippen LogP contribution in [0.5, 0.6) is 0 Å². The van der Waals surface area contributed by atoms with Gasteiger partial charge in [-0.1, -0.05) is 24.3 Å². The number of rotatable bonds is 2. The molecular weight excluding hydrogens is 208 g/mol. The van der Waals surface area contributed by atoms with Gasteiger partial charge in [0.1, 0.15) is 0 Å². The Balaban J connectivity index is 2.58. The van der Waals surface area contributed by atoms with Gasteiger partial charge in [0.15, 0.2) is 5.78 Å². The average Bonchev–Trinajstić information content (AvgIpc) is 2.32. The molecule has 0 N–H and O–H groups in total. The highest BCUT2D eigenvalue weighted by Gasteiger charge is 2.31. The van der Waals surface area contributed by atoms with E-state index < -0.39 is 0 Å². The van der Waals surface area contributed by atoms with Gasteiger partial charge in [0.25, 0.3) is 0 Å². The van der Waals surface area contributed by atoms with E-state index in [0.717, 1.165) is 0 Å². The number of carbonyl (C=O) groups excluding carboxylic acids is 2. The van der Waals surface area contributed by atoms with Gasteiger partial charge in [0.05, 0.1) is 7.11 Å². The maximum absolute atomic E-state index is 11.9. The van der Waals surface area contributed by atoms with E-state index in [-0.39, 0.29) is 22.9 Å². The number of allylic oxidation sites excluding steroid dienone is 2. The minimum atomic E-state index is -0.324. The van der Waals surface area contributed by atoms with E-state index >= 15 is 0 Å². The molecule has 0 heterocycles. The van der Waals surface area contributed by atoms with Gasteiger partial charge in [-0.15, -0.1) is 0 Å². The first-order valence-electron chi connectivity index (χ1n) is 4.76. The average molecular weight is 218 g/mol. The Bertz CT molecular complexity index is 499. The summed E-state index contributed by atoms with van der Waals surface area (Å²) in [5.41, 5.74) is 1.03. The topological polar surface area (TPSA) is 52.6 Å². The first-order chi connectivity index (χ1) is 7.66. The molecule has 0 spiro atoms. The number of hydrogen-bond donors (Lipinski definition) is 0. The van der Waals surface area contributed by atoms with E-state index in [0.29, 0.717) is 11.1 Å². The third-order valence-electron chi connectivity index (χ3n) is 2.47. The molecule has 0 amide bonds. The molecule has 0 unspecified atom stereocenters. The molecule has 0 bridgehead atoms. The van der Waals surface area contributed by atoms with Crippen molar-refractivity contribution < 1.29 is 19.4 Å². The minimum absolute atomic E-state index is 0.0359. The van der Waals surface area contributed by atoms with Crippen molar-refractivity contribution in [3.8, 4) is 0 Å². The van der Waals surface area contributed by atoms with Crippen LogP contribution >= 0.6 is 0 Å². The van der Waals surface area contributed by atoms with Crippen LogP contribution < -0.4 is 0 Å². The van der Waals surface area contributed by atoms with Gasteiger partial charge in [-0.3, -0.25) is 9.59 Å². The van der Waals surface area contributed by atoms with Crippen molar-refractivity contribution in [3.63, 3.8) is 0 Å². The smallest absolute Gasteiger partial charge is 0.232 e. The van der Waals surface area contributed by atoms with Gasteiger partial charge in [-0.2, -0.15) is 4.89 Å². The molecule has 1 aromatic carbocycles. The summed E-state index contributed by atoms with van der Waals surface area (Å²) in [4.78, 5) is 33.0. The molecule has 0 radical (unpaired) electrons. The molecule has 0 saturated heterocycles. The second-order valence-corrected chi connectivity index (χ2v) is 3.41. The van der Waals surface area contributed by atoms with Gasteiger partial charge in [0.2, 0.25) is 11.5 Å². The third kappa shape index (κ3) is 1.44. The molecule has 0 saturated carbocycles. The van der Waals surface area contributed by atoms with E-state index in [9.17, 15) is 9.59 Å². The van der Waals surface area contributed by atoms with Gasteiger partial charge < -0.3 is 4.89 Å². The van der Waals surface area contributed by atoms with E-state index in [4.69, 9.17) is 4.89 Å². The SMILES string of the molecule is COOC1=C(C)C(=O)c2ccccc2C1=O. The maximum atomic E-state index is 11.9. The Morgan fingerprint density at radius 2 is 1.56 bits per heavy atom. The lowest BCUT2D eigenvalue weighted by molar-refractivity contribution is -0.233. The fourth-order valence-electron chi connectivity index (χ4n) is 1.66. The van der Waals surface area contributed by atoms with Crippen molar-refractivity contribution in [2.24, 2.45) is 0 Å². The van der Waals surface area contributed by atoms with Gasteiger partial charge in [0, 0.05) is 16.7 Å². The molecule has 16 heavy (non-hydrogen) atoms. The minimum Gasteiger partial charge on any atom is -0.333 e. The van der Waals surface area contributed by atoms with E-state index in [1.54, 1.807) is 31.2 Å². The van der Waals surface area contributed by atoms with Crippen molar-refractivity contribution in [1.29, 1.82) is 0 Å².